The molecule has 2 aliphatic heterocycles. The van der Waals surface area contributed by atoms with Crippen LogP contribution < -0.4 is 4.74 Å². The Hall–Kier alpha value is -2.08. The summed E-state index contributed by atoms with van der Waals surface area (Å²) in [5, 5.41) is 10.4. The van der Waals surface area contributed by atoms with Gasteiger partial charge in [0.2, 0.25) is 5.91 Å². The molecule has 3 rings (SSSR count). The quantitative estimate of drug-likeness (QED) is 0.902. The molecule has 6 heteroatoms. The van der Waals surface area contributed by atoms with Gasteiger partial charge in [0.1, 0.15) is 5.75 Å². The van der Waals surface area contributed by atoms with Gasteiger partial charge in [-0.25, -0.2) is 0 Å². The number of aliphatic hydroxyl groups is 1. The lowest BCUT2D eigenvalue weighted by Crippen LogP contribution is -2.51. The molecule has 1 aromatic carbocycles. The monoisotopic (exact) mass is 346 g/mol. The highest BCUT2D eigenvalue weighted by Gasteiger charge is 2.41. The van der Waals surface area contributed by atoms with Crippen LogP contribution in [0.4, 0.5) is 0 Å². The molecule has 2 saturated heterocycles. The molecule has 0 aliphatic carbocycles. The topological polar surface area (TPSA) is 70.1 Å². The zero-order chi connectivity index (χ0) is 18.0. The number of nitrogens with zero attached hydrogens (tertiary/aromatic N) is 2. The number of hydrogen-bond acceptors (Lipinski definition) is 4. The van der Waals surface area contributed by atoms with Gasteiger partial charge in [0.25, 0.3) is 5.91 Å². The number of piperidine rings is 2. The van der Waals surface area contributed by atoms with Gasteiger partial charge in [0, 0.05) is 33.1 Å². The van der Waals surface area contributed by atoms with Crippen LogP contribution in [-0.4, -0.2) is 60.5 Å². The summed E-state index contributed by atoms with van der Waals surface area (Å²) >= 11 is 0. The van der Waals surface area contributed by atoms with Crippen LogP contribution >= 0.6 is 0 Å². The van der Waals surface area contributed by atoms with E-state index in [2.05, 4.69) is 0 Å². The van der Waals surface area contributed by atoms with Crippen molar-refractivity contribution in [3.8, 4) is 5.75 Å². The van der Waals surface area contributed by atoms with Crippen LogP contribution in [0.2, 0.25) is 0 Å². The Morgan fingerprint density at radius 2 is 1.84 bits per heavy atom. The molecule has 25 heavy (non-hydrogen) atoms. The molecule has 1 atom stereocenters. The van der Waals surface area contributed by atoms with Crippen molar-refractivity contribution in [2.45, 2.75) is 31.8 Å². The fourth-order valence-electron chi connectivity index (χ4n) is 3.94. The van der Waals surface area contributed by atoms with Gasteiger partial charge in [0.05, 0.1) is 7.11 Å². The minimum absolute atomic E-state index is 0.129. The molecule has 2 amide bonds. The molecule has 2 fully saturated rings. The van der Waals surface area contributed by atoms with Crippen molar-refractivity contribution >= 4 is 11.8 Å². The first-order chi connectivity index (χ1) is 11.9. The van der Waals surface area contributed by atoms with Gasteiger partial charge in [0.15, 0.2) is 6.10 Å². The first kappa shape index (κ1) is 17.7. The SMILES string of the molecule is COc1ccc([C@@H](O)C(=O)N2CCC3(CCC(=O)N(C)C3)CC2)cc1. The highest BCUT2D eigenvalue weighted by molar-refractivity contribution is 5.82. The second-order valence-corrected chi connectivity index (χ2v) is 7.25. The van der Waals surface area contributed by atoms with Gasteiger partial charge in [-0.15, -0.1) is 0 Å². The van der Waals surface area contributed by atoms with Gasteiger partial charge in [-0.3, -0.25) is 9.59 Å². The van der Waals surface area contributed by atoms with Gasteiger partial charge in [-0.1, -0.05) is 12.1 Å². The average molecular weight is 346 g/mol. The minimum atomic E-state index is -1.14. The lowest BCUT2D eigenvalue weighted by Gasteiger charge is -2.46. The maximum atomic E-state index is 12.6. The summed E-state index contributed by atoms with van der Waals surface area (Å²) in [6.45, 7) is 2.04. The molecule has 0 aromatic heterocycles. The molecule has 6 nitrogen and oxygen atoms in total. The summed E-state index contributed by atoms with van der Waals surface area (Å²) in [4.78, 5) is 27.9. The van der Waals surface area contributed by atoms with E-state index in [0.717, 1.165) is 25.8 Å². The molecular formula is C19H26N2O4. The fourth-order valence-corrected chi connectivity index (χ4v) is 3.94. The minimum Gasteiger partial charge on any atom is -0.497 e. The van der Waals surface area contributed by atoms with Crippen LogP contribution in [0.25, 0.3) is 0 Å². The maximum absolute atomic E-state index is 12.6. The van der Waals surface area contributed by atoms with Crippen LogP contribution in [0, 0.1) is 5.41 Å². The highest BCUT2D eigenvalue weighted by Crippen LogP contribution is 2.40. The molecule has 1 spiro atoms. The molecule has 0 unspecified atom stereocenters. The van der Waals surface area contributed by atoms with E-state index in [0.29, 0.717) is 30.8 Å². The molecule has 136 valence electrons. The largest absolute Gasteiger partial charge is 0.497 e. The normalized spacial score (nSPS) is 21.3. The molecule has 0 saturated carbocycles. The second-order valence-electron chi connectivity index (χ2n) is 7.25. The third-order valence-electron chi connectivity index (χ3n) is 5.67. The number of amides is 2. The zero-order valence-corrected chi connectivity index (χ0v) is 14.9. The van der Waals surface area contributed by atoms with Gasteiger partial charge in [-0.05, 0) is 42.4 Å². The van der Waals surface area contributed by atoms with Crippen LogP contribution in [0.5, 0.6) is 5.75 Å². The molecule has 0 bridgehead atoms. The summed E-state index contributed by atoms with van der Waals surface area (Å²) in [6.07, 6.45) is 2.12. The van der Waals surface area contributed by atoms with Crippen LogP contribution in [0.1, 0.15) is 37.4 Å². The van der Waals surface area contributed by atoms with Crippen LogP contribution in [0.3, 0.4) is 0 Å². The van der Waals surface area contributed by atoms with E-state index in [9.17, 15) is 14.7 Å². The van der Waals surface area contributed by atoms with E-state index in [1.807, 2.05) is 11.9 Å². The summed E-state index contributed by atoms with van der Waals surface area (Å²) in [7, 11) is 3.44. The number of carbonyl (C=O) groups excluding carboxylic acids is 2. The van der Waals surface area contributed by atoms with Crippen molar-refractivity contribution in [3.05, 3.63) is 29.8 Å². The first-order valence-corrected chi connectivity index (χ1v) is 8.79. The van der Waals surface area contributed by atoms with Gasteiger partial charge in [-0.2, -0.15) is 0 Å². The molecule has 0 radical (unpaired) electrons. The third-order valence-corrected chi connectivity index (χ3v) is 5.67. The second kappa shape index (κ2) is 7.04. The van der Waals surface area contributed by atoms with E-state index in [1.54, 1.807) is 36.3 Å². The number of carbonyl (C=O) groups is 2. The van der Waals surface area contributed by atoms with E-state index in [-0.39, 0.29) is 17.2 Å². The predicted octanol–water partition coefficient (Wildman–Crippen LogP) is 1.59. The lowest BCUT2D eigenvalue weighted by atomic mass is 9.72. The van der Waals surface area contributed by atoms with E-state index in [4.69, 9.17) is 4.74 Å². The standard InChI is InChI=1S/C19H26N2O4/c1-20-13-19(8-7-16(20)22)9-11-21(12-10-19)18(24)17(23)14-3-5-15(25-2)6-4-14/h3-6,17,23H,7-13H2,1-2H3/t17-/m1/s1. The average Bonchev–Trinajstić information content (AvgIpc) is 2.65. The zero-order valence-electron chi connectivity index (χ0n) is 14.9. The van der Waals surface area contributed by atoms with Crippen molar-refractivity contribution in [2.75, 3.05) is 33.8 Å². The van der Waals surface area contributed by atoms with Crippen molar-refractivity contribution < 1.29 is 19.4 Å². The number of ether oxygens (including phenoxy) is 1. The van der Waals surface area contributed by atoms with Crippen molar-refractivity contribution in [3.63, 3.8) is 0 Å². The number of rotatable bonds is 3. The summed E-state index contributed by atoms with van der Waals surface area (Å²) < 4.78 is 5.10. The molecular weight excluding hydrogens is 320 g/mol. The Morgan fingerprint density at radius 3 is 2.40 bits per heavy atom. The van der Waals surface area contributed by atoms with Crippen LogP contribution in [-0.2, 0) is 9.59 Å². The van der Waals surface area contributed by atoms with Crippen molar-refractivity contribution in [2.24, 2.45) is 5.41 Å². The Kier molecular flexibility index (Phi) is 4.99. The Balaban J connectivity index is 1.60. The molecule has 1 N–H and O–H groups in total. The van der Waals surface area contributed by atoms with E-state index < -0.39 is 6.10 Å². The molecule has 2 heterocycles. The summed E-state index contributed by atoms with van der Waals surface area (Å²) in [5.74, 6) is 0.651. The number of methoxy groups -OCH3 is 1. The Morgan fingerprint density at radius 1 is 1.20 bits per heavy atom. The predicted molar refractivity (Wildman–Crippen MR) is 93.1 cm³/mol. The van der Waals surface area contributed by atoms with E-state index in [1.165, 1.54) is 0 Å². The molecule has 2 aliphatic rings. The molecule has 1 aromatic rings. The number of likely N-dealkylation sites (tertiary alicyclic amines) is 2. The number of aliphatic hydroxyl groups excluding tert-OH is 1. The smallest absolute Gasteiger partial charge is 0.256 e. The van der Waals surface area contributed by atoms with Crippen molar-refractivity contribution in [1.82, 2.24) is 9.80 Å². The highest BCUT2D eigenvalue weighted by atomic mass is 16.5. The lowest BCUT2D eigenvalue weighted by molar-refractivity contribution is -0.146. The first-order valence-electron chi connectivity index (χ1n) is 8.79. The van der Waals surface area contributed by atoms with Gasteiger partial charge >= 0.3 is 0 Å². The summed E-state index contributed by atoms with van der Waals surface area (Å²) in [6, 6.07) is 6.92. The third kappa shape index (κ3) is 3.63. The summed E-state index contributed by atoms with van der Waals surface area (Å²) in [5.41, 5.74) is 0.707. The van der Waals surface area contributed by atoms with Gasteiger partial charge < -0.3 is 19.6 Å². The van der Waals surface area contributed by atoms with Crippen LogP contribution in [0.15, 0.2) is 24.3 Å². The Bertz CT molecular complexity index is 635. The number of benzene rings is 1. The fraction of sp³-hybridized carbons (Fsp3) is 0.579. The number of hydrogen-bond donors (Lipinski definition) is 1. The van der Waals surface area contributed by atoms with E-state index >= 15 is 0 Å². The Labute approximate surface area is 148 Å². The maximum Gasteiger partial charge on any atom is 0.256 e. The van der Waals surface area contributed by atoms with Crippen molar-refractivity contribution in [1.29, 1.82) is 0 Å².